The first kappa shape index (κ1) is 13.2. The van der Waals surface area contributed by atoms with Crippen molar-refractivity contribution in [2.24, 2.45) is 0 Å². The molecule has 4 nitrogen and oxygen atoms in total. The normalized spacial score (nSPS) is 13.2. The topological polar surface area (TPSA) is 47.6 Å². The predicted molar refractivity (Wildman–Crippen MR) is 72.8 cm³/mol. The molecule has 18 heavy (non-hydrogen) atoms. The highest BCUT2D eigenvalue weighted by Gasteiger charge is 2.19. The van der Waals surface area contributed by atoms with Gasteiger partial charge in [0.1, 0.15) is 13.2 Å². The zero-order valence-electron chi connectivity index (χ0n) is 10.1. The van der Waals surface area contributed by atoms with Crippen LogP contribution in [0.15, 0.2) is 18.2 Å². The first-order valence-electron chi connectivity index (χ1n) is 6.05. The van der Waals surface area contributed by atoms with E-state index in [0.717, 1.165) is 18.2 Å². The van der Waals surface area contributed by atoms with Gasteiger partial charge in [0.15, 0.2) is 11.5 Å². The molecule has 1 aromatic carbocycles. The molecule has 0 radical (unpaired) electrons. The number of rotatable bonds is 5. The fraction of sp³-hybridized carbons (Fsp3) is 0.462. The van der Waals surface area contributed by atoms with Crippen LogP contribution in [0.4, 0.5) is 0 Å². The summed E-state index contributed by atoms with van der Waals surface area (Å²) in [5, 5.41) is 3.85. The molecular weight excluding hydrogens is 298 g/mol. The van der Waals surface area contributed by atoms with Crippen molar-refractivity contribution in [3.8, 4) is 11.5 Å². The van der Waals surface area contributed by atoms with E-state index in [1.54, 1.807) is 12.1 Å². The zero-order chi connectivity index (χ0) is 12.8. The molecule has 0 atom stereocenters. The van der Waals surface area contributed by atoms with E-state index in [1.165, 1.54) is 0 Å². The number of amides is 1. The summed E-state index contributed by atoms with van der Waals surface area (Å²) in [4.78, 5) is 12.0. The molecule has 1 amide bonds. The second kappa shape index (κ2) is 6.64. The Morgan fingerprint density at radius 1 is 1.28 bits per heavy atom. The standard InChI is InChI=1S/C13H16BrNO3/c14-6-1-2-7-15-13(16)10-4-3-5-11-12(10)18-9-8-17-11/h3-5H,1-2,6-9H2,(H,15,16). The number of alkyl halides is 1. The van der Waals surface area contributed by atoms with Crippen LogP contribution in [0.2, 0.25) is 0 Å². The Hall–Kier alpha value is -1.23. The number of carbonyl (C=O) groups excluding carboxylic acids is 1. The lowest BCUT2D eigenvalue weighted by Crippen LogP contribution is -2.26. The lowest BCUT2D eigenvalue weighted by molar-refractivity contribution is 0.0942. The molecule has 2 rings (SSSR count). The Morgan fingerprint density at radius 3 is 2.94 bits per heavy atom. The van der Waals surface area contributed by atoms with Crippen LogP contribution in [-0.2, 0) is 0 Å². The SMILES string of the molecule is O=C(NCCCCBr)c1cccc2c1OCCO2. The number of para-hydroxylation sites is 1. The largest absolute Gasteiger partial charge is 0.486 e. The van der Waals surface area contributed by atoms with Crippen molar-refractivity contribution in [1.29, 1.82) is 0 Å². The zero-order valence-corrected chi connectivity index (χ0v) is 11.7. The molecule has 1 aliphatic heterocycles. The lowest BCUT2D eigenvalue weighted by Gasteiger charge is -2.20. The Labute approximate surface area is 115 Å². The number of hydrogen-bond donors (Lipinski definition) is 1. The Balaban J connectivity index is 2.01. The maximum absolute atomic E-state index is 12.0. The summed E-state index contributed by atoms with van der Waals surface area (Å²) in [5.41, 5.74) is 0.547. The van der Waals surface area contributed by atoms with Gasteiger partial charge < -0.3 is 14.8 Å². The van der Waals surface area contributed by atoms with E-state index in [2.05, 4.69) is 21.2 Å². The van der Waals surface area contributed by atoms with E-state index in [-0.39, 0.29) is 5.91 Å². The first-order valence-corrected chi connectivity index (χ1v) is 7.18. The summed E-state index contributed by atoms with van der Waals surface area (Å²) in [5.74, 6) is 1.10. The molecule has 1 aromatic rings. The van der Waals surface area contributed by atoms with Gasteiger partial charge in [-0.1, -0.05) is 22.0 Å². The van der Waals surface area contributed by atoms with Gasteiger partial charge in [-0.3, -0.25) is 4.79 Å². The van der Waals surface area contributed by atoms with E-state index >= 15 is 0 Å². The van der Waals surface area contributed by atoms with Crippen LogP contribution in [0.25, 0.3) is 0 Å². The summed E-state index contributed by atoms with van der Waals surface area (Å²) in [6.07, 6.45) is 2.01. The van der Waals surface area contributed by atoms with Crippen LogP contribution >= 0.6 is 15.9 Å². The van der Waals surface area contributed by atoms with Gasteiger partial charge in [0, 0.05) is 11.9 Å². The van der Waals surface area contributed by atoms with Crippen LogP contribution in [0.5, 0.6) is 11.5 Å². The van der Waals surface area contributed by atoms with Crippen LogP contribution in [-0.4, -0.2) is 31.0 Å². The highest BCUT2D eigenvalue weighted by Crippen LogP contribution is 2.33. The van der Waals surface area contributed by atoms with Gasteiger partial charge in [0.25, 0.3) is 5.91 Å². The average molecular weight is 314 g/mol. The van der Waals surface area contributed by atoms with Gasteiger partial charge in [0.2, 0.25) is 0 Å². The van der Waals surface area contributed by atoms with Crippen molar-refractivity contribution in [3.05, 3.63) is 23.8 Å². The number of nitrogens with one attached hydrogen (secondary N) is 1. The minimum Gasteiger partial charge on any atom is -0.486 e. The third kappa shape index (κ3) is 3.16. The molecule has 0 aromatic heterocycles. The monoisotopic (exact) mass is 313 g/mol. The minimum absolute atomic E-state index is 0.105. The second-order valence-electron chi connectivity index (χ2n) is 3.98. The lowest BCUT2D eigenvalue weighted by atomic mass is 10.1. The van der Waals surface area contributed by atoms with Gasteiger partial charge in [-0.25, -0.2) is 0 Å². The quantitative estimate of drug-likeness (QED) is 0.670. The minimum atomic E-state index is -0.105. The third-order valence-electron chi connectivity index (χ3n) is 2.66. The average Bonchev–Trinajstić information content (AvgIpc) is 2.43. The third-order valence-corrected chi connectivity index (χ3v) is 3.22. The molecule has 0 saturated carbocycles. The van der Waals surface area contributed by atoms with Crippen molar-refractivity contribution in [2.75, 3.05) is 25.1 Å². The van der Waals surface area contributed by atoms with Crippen LogP contribution in [0, 0.1) is 0 Å². The summed E-state index contributed by atoms with van der Waals surface area (Å²) in [6.45, 7) is 1.69. The number of carbonyl (C=O) groups is 1. The van der Waals surface area contributed by atoms with Gasteiger partial charge in [-0.2, -0.15) is 0 Å². The van der Waals surface area contributed by atoms with Crippen molar-refractivity contribution >= 4 is 21.8 Å². The van der Waals surface area contributed by atoms with E-state index in [4.69, 9.17) is 9.47 Å². The molecule has 1 N–H and O–H groups in total. The number of halogens is 1. The predicted octanol–water partition coefficient (Wildman–Crippen LogP) is 2.36. The molecule has 0 aliphatic carbocycles. The van der Waals surface area contributed by atoms with Gasteiger partial charge in [-0.15, -0.1) is 0 Å². The summed E-state index contributed by atoms with van der Waals surface area (Å²) >= 11 is 3.36. The van der Waals surface area contributed by atoms with E-state index in [1.807, 2.05) is 6.07 Å². The fourth-order valence-electron chi connectivity index (χ4n) is 1.77. The summed E-state index contributed by atoms with van der Waals surface area (Å²) in [6, 6.07) is 5.38. The fourth-order valence-corrected chi connectivity index (χ4v) is 2.17. The van der Waals surface area contributed by atoms with Crippen molar-refractivity contribution in [2.45, 2.75) is 12.8 Å². The van der Waals surface area contributed by atoms with Crippen molar-refractivity contribution in [3.63, 3.8) is 0 Å². The molecule has 98 valence electrons. The highest BCUT2D eigenvalue weighted by molar-refractivity contribution is 9.09. The van der Waals surface area contributed by atoms with Crippen molar-refractivity contribution in [1.82, 2.24) is 5.32 Å². The number of unbranched alkanes of at least 4 members (excludes halogenated alkanes) is 1. The number of fused-ring (bicyclic) bond motifs is 1. The number of hydrogen-bond acceptors (Lipinski definition) is 3. The van der Waals surface area contributed by atoms with E-state index in [9.17, 15) is 4.79 Å². The Kier molecular flexibility index (Phi) is 4.87. The summed E-state index contributed by atoms with van der Waals surface area (Å²) in [7, 11) is 0. The molecule has 1 heterocycles. The van der Waals surface area contributed by atoms with Crippen LogP contribution < -0.4 is 14.8 Å². The highest BCUT2D eigenvalue weighted by atomic mass is 79.9. The smallest absolute Gasteiger partial charge is 0.255 e. The Bertz CT molecular complexity index is 423. The first-order chi connectivity index (χ1) is 8.83. The van der Waals surface area contributed by atoms with E-state index in [0.29, 0.717) is 36.8 Å². The van der Waals surface area contributed by atoms with Gasteiger partial charge in [-0.05, 0) is 25.0 Å². The molecule has 0 unspecified atom stereocenters. The summed E-state index contributed by atoms with van der Waals surface area (Å²) < 4.78 is 11.0. The molecule has 5 heteroatoms. The Morgan fingerprint density at radius 2 is 2.11 bits per heavy atom. The molecule has 0 fully saturated rings. The molecule has 0 spiro atoms. The van der Waals surface area contributed by atoms with Gasteiger partial charge in [0.05, 0.1) is 5.56 Å². The molecule has 1 aliphatic rings. The van der Waals surface area contributed by atoms with Crippen LogP contribution in [0.1, 0.15) is 23.2 Å². The molecule has 0 saturated heterocycles. The number of benzene rings is 1. The number of ether oxygens (including phenoxy) is 2. The van der Waals surface area contributed by atoms with Crippen molar-refractivity contribution < 1.29 is 14.3 Å². The van der Waals surface area contributed by atoms with Crippen LogP contribution in [0.3, 0.4) is 0 Å². The molecular formula is C13H16BrNO3. The van der Waals surface area contributed by atoms with E-state index < -0.39 is 0 Å². The maximum Gasteiger partial charge on any atom is 0.255 e. The maximum atomic E-state index is 12.0. The second-order valence-corrected chi connectivity index (χ2v) is 4.77. The van der Waals surface area contributed by atoms with Gasteiger partial charge >= 0.3 is 0 Å². The molecule has 0 bridgehead atoms.